The van der Waals surface area contributed by atoms with Gasteiger partial charge in [0.15, 0.2) is 0 Å². The average molecular weight is 450 g/mol. The molecule has 0 aliphatic carbocycles. The Morgan fingerprint density at radius 2 is 1.59 bits per heavy atom. The van der Waals surface area contributed by atoms with E-state index in [0.29, 0.717) is 17.8 Å². The smallest absolute Gasteiger partial charge is 0.248 e. The Labute approximate surface area is 188 Å². The number of amides is 1. The lowest BCUT2D eigenvalue weighted by Crippen LogP contribution is -2.46. The van der Waals surface area contributed by atoms with Gasteiger partial charge in [0, 0.05) is 34.0 Å². The van der Waals surface area contributed by atoms with Gasteiger partial charge in [0.2, 0.25) is 15.9 Å². The molecule has 7 heteroatoms. The van der Waals surface area contributed by atoms with Crippen molar-refractivity contribution in [3.63, 3.8) is 0 Å². The first kappa shape index (κ1) is 21.9. The Hall–Kier alpha value is -3.32. The van der Waals surface area contributed by atoms with E-state index in [1.807, 2.05) is 43.3 Å². The van der Waals surface area contributed by atoms with E-state index in [1.54, 1.807) is 24.3 Å². The van der Waals surface area contributed by atoms with Crippen molar-refractivity contribution in [1.29, 1.82) is 0 Å². The fraction of sp³-hybridized carbons (Fsp3) is 0.240. The number of aryl methyl sites for hydroxylation is 1. The van der Waals surface area contributed by atoms with Gasteiger partial charge in [0.1, 0.15) is 6.04 Å². The van der Waals surface area contributed by atoms with Crippen molar-refractivity contribution in [2.45, 2.75) is 32.9 Å². The maximum Gasteiger partial charge on any atom is 0.248 e. The second-order valence-electron chi connectivity index (χ2n) is 7.80. The fourth-order valence-electron chi connectivity index (χ4n) is 4.33. The number of benzene rings is 3. The quantitative estimate of drug-likeness (QED) is 0.432. The van der Waals surface area contributed by atoms with Gasteiger partial charge >= 0.3 is 0 Å². The molecule has 4 rings (SSSR count). The molecule has 0 spiro atoms. The number of nitrogens with zero attached hydrogens (tertiary/aromatic N) is 2. The molecule has 6 nitrogen and oxygen atoms in total. The molecular formula is C25H27N3O3S. The molecule has 0 bridgehead atoms. The summed E-state index contributed by atoms with van der Waals surface area (Å²) in [6, 6.07) is 21.9. The summed E-state index contributed by atoms with van der Waals surface area (Å²) in [7, 11) is -3.66. The van der Waals surface area contributed by atoms with Crippen LogP contribution in [0.5, 0.6) is 0 Å². The lowest BCUT2D eigenvalue weighted by atomic mass is 10.1. The number of carbonyl (C=O) groups is 1. The number of fused-ring (bicyclic) bond motifs is 3. The van der Waals surface area contributed by atoms with E-state index in [4.69, 9.17) is 0 Å². The number of anilines is 2. The summed E-state index contributed by atoms with van der Waals surface area (Å²) in [6.45, 7) is 4.76. The monoisotopic (exact) mass is 449 g/mol. The van der Waals surface area contributed by atoms with E-state index < -0.39 is 16.1 Å². The number of hydrogen-bond donors (Lipinski definition) is 1. The molecule has 1 aromatic heterocycles. The van der Waals surface area contributed by atoms with Gasteiger partial charge in [0.25, 0.3) is 0 Å². The van der Waals surface area contributed by atoms with E-state index in [-0.39, 0.29) is 5.91 Å². The largest absolute Gasteiger partial charge is 0.341 e. The second-order valence-corrected chi connectivity index (χ2v) is 9.66. The van der Waals surface area contributed by atoms with E-state index in [1.165, 1.54) is 4.31 Å². The molecule has 0 fully saturated rings. The zero-order valence-electron chi connectivity index (χ0n) is 18.4. The van der Waals surface area contributed by atoms with Crippen molar-refractivity contribution in [1.82, 2.24) is 4.57 Å². The molecule has 166 valence electrons. The zero-order valence-corrected chi connectivity index (χ0v) is 19.3. The van der Waals surface area contributed by atoms with Crippen molar-refractivity contribution < 1.29 is 13.2 Å². The van der Waals surface area contributed by atoms with E-state index in [0.717, 1.165) is 34.6 Å². The molecule has 3 aromatic carbocycles. The first-order valence-electron chi connectivity index (χ1n) is 10.7. The zero-order chi connectivity index (χ0) is 22.9. The summed E-state index contributed by atoms with van der Waals surface area (Å²) < 4.78 is 28.6. The molecule has 0 radical (unpaired) electrons. The van der Waals surface area contributed by atoms with Crippen molar-refractivity contribution >= 4 is 49.1 Å². The van der Waals surface area contributed by atoms with Crippen LogP contribution in [0.25, 0.3) is 21.8 Å². The van der Waals surface area contributed by atoms with Crippen molar-refractivity contribution in [2.24, 2.45) is 0 Å². The lowest BCUT2D eigenvalue weighted by molar-refractivity contribution is -0.117. The highest BCUT2D eigenvalue weighted by atomic mass is 32.2. The summed E-state index contributed by atoms with van der Waals surface area (Å²) in [5, 5.41) is 5.12. The summed E-state index contributed by atoms with van der Waals surface area (Å²) in [6.07, 6.45) is 1.47. The van der Waals surface area contributed by atoms with Gasteiger partial charge in [-0.2, -0.15) is 0 Å². The number of aromatic nitrogens is 1. The highest BCUT2D eigenvalue weighted by Gasteiger charge is 2.31. The fourth-order valence-corrected chi connectivity index (χ4v) is 5.54. The molecule has 0 unspecified atom stereocenters. The number of carbonyl (C=O) groups excluding carboxylic acids is 1. The predicted molar refractivity (Wildman–Crippen MR) is 132 cm³/mol. The Morgan fingerprint density at radius 3 is 2.25 bits per heavy atom. The van der Waals surface area contributed by atoms with Crippen LogP contribution in [0.1, 0.15) is 20.3 Å². The third-order valence-corrected chi connectivity index (χ3v) is 6.88. The molecule has 4 aromatic rings. The third kappa shape index (κ3) is 3.96. The maximum absolute atomic E-state index is 13.2. The predicted octanol–water partition coefficient (Wildman–Crippen LogP) is 5.00. The topological polar surface area (TPSA) is 71.4 Å². The van der Waals surface area contributed by atoms with Crippen molar-refractivity contribution in [3.05, 3.63) is 72.8 Å². The molecule has 1 amide bonds. The van der Waals surface area contributed by atoms with Crippen LogP contribution in [0.2, 0.25) is 0 Å². The molecule has 0 saturated carbocycles. The number of para-hydroxylation sites is 2. The molecule has 0 saturated heterocycles. The van der Waals surface area contributed by atoms with Crippen molar-refractivity contribution in [2.75, 3.05) is 15.9 Å². The Kier molecular flexibility index (Phi) is 5.93. The number of nitrogens with one attached hydrogen (secondary N) is 1. The van der Waals surface area contributed by atoms with Crippen LogP contribution < -0.4 is 9.62 Å². The van der Waals surface area contributed by atoms with Crippen molar-refractivity contribution in [3.8, 4) is 0 Å². The van der Waals surface area contributed by atoms with Crippen LogP contribution in [-0.2, 0) is 21.4 Å². The van der Waals surface area contributed by atoms with Gasteiger partial charge in [-0.05, 0) is 49.7 Å². The summed E-state index contributed by atoms with van der Waals surface area (Å²) in [5.74, 6) is -0.361. The van der Waals surface area contributed by atoms with Crippen LogP contribution in [0.4, 0.5) is 11.4 Å². The standard InChI is InChI=1S/C25H27N3O3S/c1-4-22(28(32(3,30)31)19-11-7-6-8-12-19)25(29)26-18-15-16-24-21(17-18)20-13-9-10-14-23(20)27(24)5-2/h6-17,22H,4-5H2,1-3H3,(H,26,29)/t22-/m0/s1. The summed E-state index contributed by atoms with van der Waals surface area (Å²) in [4.78, 5) is 13.2. The normalized spacial score (nSPS) is 12.7. The Balaban J connectivity index is 1.71. The van der Waals surface area contributed by atoms with E-state index in [2.05, 4.69) is 28.9 Å². The highest BCUT2D eigenvalue weighted by molar-refractivity contribution is 7.92. The van der Waals surface area contributed by atoms with Gasteiger partial charge in [-0.25, -0.2) is 8.42 Å². The highest BCUT2D eigenvalue weighted by Crippen LogP contribution is 2.31. The third-order valence-electron chi connectivity index (χ3n) is 5.70. The molecule has 0 aliphatic rings. The van der Waals surface area contributed by atoms with Gasteiger partial charge in [-0.1, -0.05) is 43.3 Å². The first-order chi connectivity index (χ1) is 15.3. The van der Waals surface area contributed by atoms with Gasteiger partial charge in [-0.3, -0.25) is 9.10 Å². The van der Waals surface area contributed by atoms with Crippen LogP contribution in [0, 0.1) is 0 Å². The van der Waals surface area contributed by atoms with Crippen LogP contribution in [-0.4, -0.2) is 31.2 Å². The van der Waals surface area contributed by atoms with Gasteiger partial charge in [-0.15, -0.1) is 0 Å². The number of sulfonamides is 1. The summed E-state index contributed by atoms with van der Waals surface area (Å²) in [5.41, 5.74) is 3.35. The van der Waals surface area contributed by atoms with E-state index >= 15 is 0 Å². The molecule has 1 N–H and O–H groups in total. The molecule has 32 heavy (non-hydrogen) atoms. The SMILES string of the molecule is CC[C@@H](C(=O)Nc1ccc2c(c1)c1ccccc1n2CC)N(c1ccccc1)S(C)(=O)=O. The minimum Gasteiger partial charge on any atom is -0.341 e. The van der Waals surface area contributed by atoms with E-state index in [9.17, 15) is 13.2 Å². The summed E-state index contributed by atoms with van der Waals surface area (Å²) >= 11 is 0. The Morgan fingerprint density at radius 1 is 0.938 bits per heavy atom. The van der Waals surface area contributed by atoms with Crippen LogP contribution in [0.3, 0.4) is 0 Å². The van der Waals surface area contributed by atoms with Crippen LogP contribution in [0.15, 0.2) is 72.8 Å². The number of rotatable bonds is 7. The minimum atomic E-state index is -3.66. The molecule has 0 aliphatic heterocycles. The maximum atomic E-state index is 13.2. The lowest BCUT2D eigenvalue weighted by Gasteiger charge is -2.30. The minimum absolute atomic E-state index is 0.338. The number of hydrogen-bond acceptors (Lipinski definition) is 3. The molecule has 1 atom stereocenters. The average Bonchev–Trinajstić information content (AvgIpc) is 3.10. The second kappa shape index (κ2) is 8.67. The van der Waals surface area contributed by atoms with Gasteiger partial charge < -0.3 is 9.88 Å². The Bertz CT molecular complexity index is 1380. The van der Waals surface area contributed by atoms with Gasteiger partial charge in [0.05, 0.1) is 11.9 Å². The molecule has 1 heterocycles. The first-order valence-corrected chi connectivity index (χ1v) is 12.6. The molecular weight excluding hydrogens is 422 g/mol. The van der Waals surface area contributed by atoms with Crippen LogP contribution >= 0.6 is 0 Å².